The number of hydrogen-bond acceptors (Lipinski definition) is 4. The van der Waals surface area contributed by atoms with Crippen molar-refractivity contribution in [2.75, 3.05) is 0 Å². The van der Waals surface area contributed by atoms with Gasteiger partial charge in [0, 0.05) is 23.3 Å². The lowest BCUT2D eigenvalue weighted by Crippen LogP contribution is -2.05. The molecule has 0 aromatic heterocycles. The number of hydrogen-bond donors (Lipinski definition) is 0. The molecule has 136 valence electrons. The predicted molar refractivity (Wildman–Crippen MR) is 102 cm³/mol. The first-order valence-electron chi connectivity index (χ1n) is 7.26. The van der Waals surface area contributed by atoms with Crippen molar-refractivity contribution in [1.82, 2.24) is 0 Å². The monoisotopic (exact) mass is 432 g/mol. The summed E-state index contributed by atoms with van der Waals surface area (Å²) in [5.41, 5.74) is 1.11. The van der Waals surface area contributed by atoms with Crippen LogP contribution in [0, 0.1) is 0 Å². The van der Waals surface area contributed by atoms with Gasteiger partial charge in [-0.1, -0.05) is 70.7 Å². The van der Waals surface area contributed by atoms with Crippen LogP contribution in [0.3, 0.4) is 0 Å². The smallest absolute Gasteiger partial charge is 0.331 e. The second kappa shape index (κ2) is 9.83. The zero-order chi connectivity index (χ0) is 19.1. The molecule has 0 N–H and O–H groups in total. The van der Waals surface area contributed by atoms with Crippen molar-refractivity contribution in [1.29, 1.82) is 0 Å². The average Bonchev–Trinajstić information content (AvgIpc) is 2.62. The molecule has 2 rings (SSSR count). The Morgan fingerprint density at radius 3 is 1.50 bits per heavy atom. The van der Waals surface area contributed by atoms with Gasteiger partial charge in [0.05, 0.1) is 20.1 Å². The summed E-state index contributed by atoms with van der Waals surface area (Å²) in [7, 11) is 0. The van der Waals surface area contributed by atoms with E-state index in [0.717, 1.165) is 12.2 Å². The van der Waals surface area contributed by atoms with Crippen LogP contribution in [0.25, 0.3) is 0 Å². The van der Waals surface area contributed by atoms with Gasteiger partial charge < -0.3 is 9.47 Å². The van der Waals surface area contributed by atoms with E-state index < -0.39 is 11.9 Å². The molecule has 0 atom stereocenters. The Bertz CT molecular complexity index is 780. The molecule has 0 saturated heterocycles. The molecule has 0 radical (unpaired) electrons. The van der Waals surface area contributed by atoms with Crippen molar-refractivity contribution < 1.29 is 19.1 Å². The number of ether oxygens (including phenoxy) is 2. The van der Waals surface area contributed by atoms with Crippen molar-refractivity contribution in [3.8, 4) is 0 Å². The first kappa shape index (κ1) is 20.6. The maximum Gasteiger partial charge on any atom is 0.331 e. The highest BCUT2D eigenvalue weighted by molar-refractivity contribution is 6.42. The van der Waals surface area contributed by atoms with Gasteiger partial charge in [0.25, 0.3) is 0 Å². The van der Waals surface area contributed by atoms with Gasteiger partial charge in [0.1, 0.15) is 13.2 Å². The largest absolute Gasteiger partial charge is 0.458 e. The fraction of sp³-hybridized carbons (Fsp3) is 0.111. The minimum atomic E-state index is -0.723. The van der Waals surface area contributed by atoms with Gasteiger partial charge in [-0.3, -0.25) is 0 Å². The number of benzene rings is 2. The van der Waals surface area contributed by atoms with Crippen LogP contribution < -0.4 is 0 Å². The molecule has 26 heavy (non-hydrogen) atoms. The van der Waals surface area contributed by atoms with Crippen molar-refractivity contribution in [3.63, 3.8) is 0 Å². The Morgan fingerprint density at radius 2 is 1.12 bits per heavy atom. The molecule has 8 heteroatoms. The Balaban J connectivity index is 1.82. The van der Waals surface area contributed by atoms with E-state index in [4.69, 9.17) is 55.9 Å². The van der Waals surface area contributed by atoms with Gasteiger partial charge in [-0.15, -0.1) is 0 Å². The molecule has 0 bridgehead atoms. The molecule has 4 nitrogen and oxygen atoms in total. The van der Waals surface area contributed by atoms with Crippen LogP contribution in [0.15, 0.2) is 48.6 Å². The van der Waals surface area contributed by atoms with Crippen LogP contribution in [0.1, 0.15) is 11.1 Å². The van der Waals surface area contributed by atoms with Crippen LogP contribution in [-0.4, -0.2) is 11.9 Å². The first-order chi connectivity index (χ1) is 12.4. The SMILES string of the molecule is O=C(/C=C\C(=O)OCc1cccc(Cl)c1Cl)OCc1cccc(Cl)c1Cl. The number of halogens is 4. The van der Waals surface area contributed by atoms with E-state index in [1.807, 2.05) is 0 Å². The van der Waals surface area contributed by atoms with E-state index in [9.17, 15) is 9.59 Å². The van der Waals surface area contributed by atoms with Crippen molar-refractivity contribution in [3.05, 3.63) is 79.8 Å². The topological polar surface area (TPSA) is 52.6 Å². The van der Waals surface area contributed by atoms with Crippen LogP contribution in [0.5, 0.6) is 0 Å². The second-order valence-electron chi connectivity index (χ2n) is 4.97. The van der Waals surface area contributed by atoms with Gasteiger partial charge in [-0.25, -0.2) is 9.59 Å². The first-order valence-corrected chi connectivity index (χ1v) is 8.77. The van der Waals surface area contributed by atoms with E-state index in [1.54, 1.807) is 36.4 Å². The van der Waals surface area contributed by atoms with E-state index in [-0.39, 0.29) is 13.2 Å². The summed E-state index contributed by atoms with van der Waals surface area (Å²) in [5.74, 6) is -1.45. The Kier molecular flexibility index (Phi) is 7.79. The number of rotatable bonds is 6. The fourth-order valence-corrected chi connectivity index (χ4v) is 2.60. The second-order valence-corrected chi connectivity index (χ2v) is 6.54. The van der Waals surface area contributed by atoms with Gasteiger partial charge in [0.2, 0.25) is 0 Å². The molecule has 0 aliphatic carbocycles. The van der Waals surface area contributed by atoms with Crippen molar-refractivity contribution >= 4 is 58.3 Å². The molecule has 0 amide bonds. The van der Waals surface area contributed by atoms with Gasteiger partial charge in [-0.2, -0.15) is 0 Å². The highest BCUT2D eigenvalue weighted by atomic mass is 35.5. The third-order valence-electron chi connectivity index (χ3n) is 3.16. The molecule has 2 aromatic carbocycles. The highest BCUT2D eigenvalue weighted by Gasteiger charge is 2.08. The van der Waals surface area contributed by atoms with E-state index in [1.165, 1.54) is 0 Å². The maximum atomic E-state index is 11.7. The summed E-state index contributed by atoms with van der Waals surface area (Å²) < 4.78 is 9.99. The summed E-state index contributed by atoms with van der Waals surface area (Å²) >= 11 is 23.7. The van der Waals surface area contributed by atoms with Crippen LogP contribution in [-0.2, 0) is 32.3 Å². The molecule has 0 spiro atoms. The number of esters is 2. The van der Waals surface area contributed by atoms with Crippen molar-refractivity contribution in [2.45, 2.75) is 13.2 Å². The van der Waals surface area contributed by atoms with Gasteiger partial charge >= 0.3 is 11.9 Å². The third-order valence-corrected chi connectivity index (χ3v) is 4.87. The lowest BCUT2D eigenvalue weighted by Gasteiger charge is -2.06. The lowest BCUT2D eigenvalue weighted by atomic mass is 10.2. The fourth-order valence-electron chi connectivity index (χ4n) is 1.85. The summed E-state index contributed by atoms with van der Waals surface area (Å²) in [4.78, 5) is 23.3. The average molecular weight is 434 g/mol. The number of carbonyl (C=O) groups is 2. The van der Waals surface area contributed by atoms with E-state index in [0.29, 0.717) is 31.2 Å². The molecule has 0 aliphatic rings. The summed E-state index contributed by atoms with van der Waals surface area (Å²) in [6.07, 6.45) is 1.92. The summed E-state index contributed by atoms with van der Waals surface area (Å²) in [6.45, 7) is -0.147. The zero-order valence-corrected chi connectivity index (χ0v) is 16.2. The molecular weight excluding hydrogens is 422 g/mol. The quantitative estimate of drug-likeness (QED) is 0.436. The molecule has 0 aliphatic heterocycles. The molecule has 0 heterocycles. The Hall–Kier alpha value is -1.72. The molecule has 2 aromatic rings. The normalized spacial score (nSPS) is 10.8. The van der Waals surface area contributed by atoms with Gasteiger partial charge in [0.15, 0.2) is 0 Å². The number of carbonyl (C=O) groups excluding carboxylic acids is 2. The minimum Gasteiger partial charge on any atom is -0.458 e. The maximum absolute atomic E-state index is 11.7. The Labute approximate surface area is 170 Å². The molecule has 0 saturated carbocycles. The van der Waals surface area contributed by atoms with E-state index in [2.05, 4.69) is 0 Å². The minimum absolute atomic E-state index is 0.0737. The van der Waals surface area contributed by atoms with Gasteiger partial charge in [-0.05, 0) is 12.1 Å². The van der Waals surface area contributed by atoms with Crippen molar-refractivity contribution in [2.24, 2.45) is 0 Å². The zero-order valence-electron chi connectivity index (χ0n) is 13.2. The van der Waals surface area contributed by atoms with E-state index >= 15 is 0 Å². The summed E-state index contributed by atoms with van der Waals surface area (Å²) in [5, 5.41) is 1.34. The lowest BCUT2D eigenvalue weighted by molar-refractivity contribution is -0.141. The molecule has 0 unspecified atom stereocenters. The Morgan fingerprint density at radius 1 is 0.731 bits per heavy atom. The van der Waals surface area contributed by atoms with Crippen LogP contribution in [0.4, 0.5) is 0 Å². The molecular formula is C18H12Cl4O4. The van der Waals surface area contributed by atoms with Crippen LogP contribution in [0.2, 0.25) is 20.1 Å². The standard InChI is InChI=1S/C18H12Cl4O4/c19-13-5-1-3-11(17(13)21)9-25-15(23)7-8-16(24)26-10-12-4-2-6-14(20)18(12)22/h1-8H,9-10H2/b8-7-. The summed E-state index contributed by atoms with van der Waals surface area (Å²) in [6, 6.07) is 9.97. The van der Waals surface area contributed by atoms with Crippen LogP contribution >= 0.6 is 46.4 Å². The molecule has 0 fully saturated rings. The predicted octanol–water partition coefficient (Wildman–Crippen LogP) is 5.64. The third kappa shape index (κ3) is 5.92. The highest BCUT2D eigenvalue weighted by Crippen LogP contribution is 2.26.